The van der Waals surface area contributed by atoms with E-state index in [0.29, 0.717) is 11.7 Å². The highest BCUT2D eigenvalue weighted by Crippen LogP contribution is 2.21. The maximum Gasteiger partial charge on any atom is 0.272 e. The molecule has 2 aromatic rings. The van der Waals surface area contributed by atoms with Gasteiger partial charge < -0.3 is 9.80 Å². The van der Waals surface area contributed by atoms with Crippen LogP contribution >= 0.6 is 0 Å². The van der Waals surface area contributed by atoms with Crippen LogP contribution in [0.1, 0.15) is 29.8 Å². The van der Waals surface area contributed by atoms with Crippen LogP contribution in [0, 0.1) is 0 Å². The summed E-state index contributed by atoms with van der Waals surface area (Å²) in [6, 6.07) is 12.1. The molecule has 4 nitrogen and oxygen atoms in total. The summed E-state index contributed by atoms with van der Waals surface area (Å²) < 4.78 is 0. The van der Waals surface area contributed by atoms with Crippen molar-refractivity contribution in [3.8, 4) is 0 Å². The number of para-hydroxylation sites is 1. The first kappa shape index (κ1) is 15.0. The monoisotopic (exact) mass is 297 g/mol. The van der Waals surface area contributed by atoms with Gasteiger partial charge in [-0.2, -0.15) is 0 Å². The zero-order chi connectivity index (χ0) is 15.5. The largest absolute Gasteiger partial charge is 0.333 e. The lowest BCUT2D eigenvalue weighted by Crippen LogP contribution is -2.48. The average Bonchev–Trinajstić information content (AvgIpc) is 2.54. The summed E-state index contributed by atoms with van der Waals surface area (Å²) >= 11 is 0. The predicted molar refractivity (Wildman–Crippen MR) is 89.0 cm³/mol. The molecule has 0 N–H and O–H groups in total. The second-order valence-electron chi connectivity index (χ2n) is 6.30. The Kier molecular flexibility index (Phi) is 4.39. The molecule has 0 spiro atoms. The van der Waals surface area contributed by atoms with Crippen molar-refractivity contribution in [3.05, 3.63) is 42.1 Å². The van der Waals surface area contributed by atoms with Gasteiger partial charge in [-0.15, -0.1) is 0 Å². The number of carbonyl (C=O) groups excluding carboxylic acids is 1. The summed E-state index contributed by atoms with van der Waals surface area (Å²) in [7, 11) is 4.12. The highest BCUT2D eigenvalue weighted by molar-refractivity contribution is 5.95. The van der Waals surface area contributed by atoms with Crippen molar-refractivity contribution < 1.29 is 4.79 Å². The topological polar surface area (TPSA) is 36.4 Å². The normalized spacial score (nSPS) is 18.9. The van der Waals surface area contributed by atoms with Crippen molar-refractivity contribution in [3.63, 3.8) is 0 Å². The third kappa shape index (κ3) is 3.12. The molecule has 1 fully saturated rings. The Labute approximate surface area is 131 Å². The van der Waals surface area contributed by atoms with Crippen molar-refractivity contribution in [2.24, 2.45) is 0 Å². The summed E-state index contributed by atoms with van der Waals surface area (Å²) in [4.78, 5) is 21.6. The van der Waals surface area contributed by atoms with Crippen molar-refractivity contribution >= 4 is 16.8 Å². The molecule has 1 aromatic heterocycles. The van der Waals surface area contributed by atoms with E-state index in [2.05, 4.69) is 24.0 Å². The number of hydrogen-bond acceptors (Lipinski definition) is 3. The molecular weight excluding hydrogens is 274 g/mol. The molecule has 0 saturated carbocycles. The first-order chi connectivity index (χ1) is 10.6. The SMILES string of the molecule is CN(C)C[C@H]1CCCCN1C(=O)c1ccc2ccccc2n1. The summed E-state index contributed by atoms with van der Waals surface area (Å²) in [6.45, 7) is 1.76. The van der Waals surface area contributed by atoms with Crippen LogP contribution in [0.25, 0.3) is 10.9 Å². The van der Waals surface area contributed by atoms with Crippen molar-refractivity contribution in [1.29, 1.82) is 0 Å². The third-order valence-corrected chi connectivity index (χ3v) is 4.28. The van der Waals surface area contributed by atoms with Gasteiger partial charge in [-0.05, 0) is 45.5 Å². The number of carbonyl (C=O) groups is 1. The van der Waals surface area contributed by atoms with E-state index in [1.54, 1.807) is 0 Å². The fraction of sp³-hybridized carbons (Fsp3) is 0.444. The Hall–Kier alpha value is -1.94. The summed E-state index contributed by atoms with van der Waals surface area (Å²) in [6.07, 6.45) is 3.37. The average molecular weight is 297 g/mol. The van der Waals surface area contributed by atoms with Crippen LogP contribution in [-0.2, 0) is 0 Å². The van der Waals surface area contributed by atoms with Crippen molar-refractivity contribution in [1.82, 2.24) is 14.8 Å². The molecule has 1 saturated heterocycles. The lowest BCUT2D eigenvalue weighted by Gasteiger charge is -2.37. The molecule has 3 rings (SSSR count). The second-order valence-corrected chi connectivity index (χ2v) is 6.30. The van der Waals surface area contributed by atoms with Gasteiger partial charge in [0.05, 0.1) is 5.52 Å². The minimum Gasteiger partial charge on any atom is -0.333 e. The molecule has 1 aliphatic rings. The van der Waals surface area contributed by atoms with E-state index in [1.165, 1.54) is 6.42 Å². The molecule has 0 bridgehead atoms. The van der Waals surface area contributed by atoms with Crippen LogP contribution in [-0.4, -0.2) is 53.9 Å². The number of rotatable bonds is 3. The summed E-state index contributed by atoms with van der Waals surface area (Å²) in [5, 5.41) is 1.07. The molecule has 116 valence electrons. The Bertz CT molecular complexity index is 668. The zero-order valence-corrected chi connectivity index (χ0v) is 13.3. The molecule has 22 heavy (non-hydrogen) atoms. The molecule has 0 radical (unpaired) electrons. The minimum atomic E-state index is 0.0669. The van der Waals surface area contributed by atoms with Crippen LogP contribution in [0.5, 0.6) is 0 Å². The van der Waals surface area contributed by atoms with Crippen LogP contribution < -0.4 is 0 Å². The van der Waals surface area contributed by atoms with Gasteiger partial charge in [0.2, 0.25) is 0 Å². The van der Waals surface area contributed by atoms with Crippen LogP contribution in [0.2, 0.25) is 0 Å². The van der Waals surface area contributed by atoms with E-state index >= 15 is 0 Å². The second kappa shape index (κ2) is 6.44. The third-order valence-electron chi connectivity index (χ3n) is 4.28. The maximum absolute atomic E-state index is 12.9. The number of likely N-dealkylation sites (N-methyl/N-ethyl adjacent to an activating group) is 1. The number of likely N-dealkylation sites (tertiary alicyclic amines) is 1. The predicted octanol–water partition coefficient (Wildman–Crippen LogP) is 2.79. The molecule has 1 amide bonds. The summed E-state index contributed by atoms with van der Waals surface area (Å²) in [5.74, 6) is 0.0669. The van der Waals surface area contributed by atoms with Crippen LogP contribution in [0.15, 0.2) is 36.4 Å². The first-order valence-electron chi connectivity index (χ1n) is 7.96. The number of fused-ring (bicyclic) bond motifs is 1. The molecule has 1 aromatic carbocycles. The number of benzene rings is 1. The van der Waals surface area contributed by atoms with Gasteiger partial charge in [0, 0.05) is 24.5 Å². The van der Waals surface area contributed by atoms with E-state index < -0.39 is 0 Å². The number of aromatic nitrogens is 1. The van der Waals surface area contributed by atoms with Crippen LogP contribution in [0.4, 0.5) is 0 Å². The number of amides is 1. The Morgan fingerprint density at radius 2 is 2.05 bits per heavy atom. The maximum atomic E-state index is 12.9. The van der Waals surface area contributed by atoms with Gasteiger partial charge in [-0.25, -0.2) is 4.98 Å². The van der Waals surface area contributed by atoms with E-state index in [0.717, 1.165) is 36.8 Å². The molecular formula is C18H23N3O. The summed E-state index contributed by atoms with van der Waals surface area (Å²) in [5.41, 5.74) is 1.44. The molecule has 0 aliphatic carbocycles. The van der Waals surface area contributed by atoms with Gasteiger partial charge in [-0.1, -0.05) is 24.3 Å². The fourth-order valence-corrected chi connectivity index (χ4v) is 3.21. The molecule has 4 heteroatoms. The van der Waals surface area contributed by atoms with Gasteiger partial charge in [0.25, 0.3) is 5.91 Å². The minimum absolute atomic E-state index is 0.0669. The van der Waals surface area contributed by atoms with Crippen molar-refractivity contribution in [2.45, 2.75) is 25.3 Å². The highest BCUT2D eigenvalue weighted by atomic mass is 16.2. The first-order valence-corrected chi connectivity index (χ1v) is 7.96. The highest BCUT2D eigenvalue weighted by Gasteiger charge is 2.28. The van der Waals surface area contributed by atoms with E-state index in [-0.39, 0.29) is 5.91 Å². The Morgan fingerprint density at radius 3 is 2.86 bits per heavy atom. The van der Waals surface area contributed by atoms with Crippen LogP contribution in [0.3, 0.4) is 0 Å². The van der Waals surface area contributed by atoms with E-state index in [4.69, 9.17) is 0 Å². The van der Waals surface area contributed by atoms with Crippen molar-refractivity contribution in [2.75, 3.05) is 27.2 Å². The van der Waals surface area contributed by atoms with E-state index in [9.17, 15) is 4.79 Å². The molecule has 1 atom stereocenters. The van der Waals surface area contributed by atoms with E-state index in [1.807, 2.05) is 41.3 Å². The Morgan fingerprint density at radius 1 is 1.23 bits per heavy atom. The molecule has 0 unspecified atom stereocenters. The van der Waals surface area contributed by atoms with Gasteiger partial charge in [0.15, 0.2) is 0 Å². The standard InChI is InChI=1S/C18H23N3O/c1-20(2)13-15-8-5-6-12-21(15)18(22)17-11-10-14-7-3-4-9-16(14)19-17/h3-4,7,9-11,15H,5-6,8,12-13H2,1-2H3/t15-/m1/s1. The quantitative estimate of drug-likeness (QED) is 0.874. The zero-order valence-electron chi connectivity index (χ0n) is 13.3. The Balaban J connectivity index is 1.86. The molecule has 2 heterocycles. The lowest BCUT2D eigenvalue weighted by atomic mass is 10.0. The van der Waals surface area contributed by atoms with Gasteiger partial charge in [0.1, 0.15) is 5.69 Å². The smallest absolute Gasteiger partial charge is 0.272 e. The van der Waals surface area contributed by atoms with Gasteiger partial charge >= 0.3 is 0 Å². The van der Waals surface area contributed by atoms with Gasteiger partial charge in [-0.3, -0.25) is 4.79 Å². The fourth-order valence-electron chi connectivity index (χ4n) is 3.21. The number of hydrogen-bond donors (Lipinski definition) is 0. The molecule has 1 aliphatic heterocycles. The lowest BCUT2D eigenvalue weighted by molar-refractivity contribution is 0.0569. The number of piperidine rings is 1. The number of pyridine rings is 1. The number of nitrogens with zero attached hydrogens (tertiary/aromatic N) is 3.